The first kappa shape index (κ1) is 5.41. The largest absolute Gasteiger partial charge is 0.447 e. The fraction of sp³-hybridized carbons (Fsp3) is 0.800. The molecule has 0 radical (unpaired) electrons. The molecule has 0 aromatic heterocycles. The summed E-state index contributed by atoms with van der Waals surface area (Å²) in [7, 11) is 0. The highest BCUT2D eigenvalue weighted by Gasteiger charge is 2.19. The lowest BCUT2D eigenvalue weighted by molar-refractivity contribution is 0.176. The number of hydrogen-bond acceptors (Lipinski definition) is 2. The lowest BCUT2D eigenvalue weighted by Crippen LogP contribution is -2.24. The van der Waals surface area contributed by atoms with E-state index < -0.39 is 0 Å². The Morgan fingerprint density at radius 2 is 2.88 bits per heavy atom. The lowest BCUT2D eigenvalue weighted by Gasteiger charge is -1.97. The predicted molar refractivity (Wildman–Crippen MR) is 30.7 cm³/mol. The van der Waals surface area contributed by atoms with Crippen LogP contribution in [0.2, 0.25) is 0 Å². The summed E-state index contributed by atoms with van der Waals surface area (Å²) in [4.78, 5) is 10.3. The molecule has 0 spiro atoms. The minimum atomic E-state index is -0.281. The number of alkyl carbamates (subject to hydrolysis) is 1. The van der Waals surface area contributed by atoms with Gasteiger partial charge in [0.2, 0.25) is 0 Å². The van der Waals surface area contributed by atoms with Crippen LogP contribution in [-0.4, -0.2) is 18.7 Å². The topological polar surface area (TPSA) is 38.3 Å². The molecule has 1 heterocycles. The number of carbonyl (C=O) groups excluding carboxylic acids is 1. The van der Waals surface area contributed by atoms with Crippen molar-refractivity contribution in [2.24, 2.45) is 0 Å². The van der Waals surface area contributed by atoms with E-state index in [1.807, 2.05) is 6.92 Å². The molecular formula is C5H11NO2. The Kier molecular flexibility index (Phi) is 1.37. The summed E-state index contributed by atoms with van der Waals surface area (Å²) in [5.74, 6) is 0. The Hall–Kier alpha value is -0.730. The van der Waals surface area contributed by atoms with Gasteiger partial charge in [-0.3, -0.25) is 0 Å². The van der Waals surface area contributed by atoms with Crippen LogP contribution in [0.3, 0.4) is 0 Å². The van der Waals surface area contributed by atoms with E-state index in [4.69, 9.17) is 0 Å². The second-order valence-corrected chi connectivity index (χ2v) is 1.85. The summed E-state index contributed by atoms with van der Waals surface area (Å²) in [5.41, 5.74) is 0. The zero-order chi connectivity index (χ0) is 5.98. The van der Waals surface area contributed by atoms with Gasteiger partial charge in [0.25, 0.3) is 0 Å². The molecule has 48 valence electrons. The molecule has 1 unspecified atom stereocenters. The van der Waals surface area contributed by atoms with E-state index in [-0.39, 0.29) is 13.6 Å². The van der Waals surface area contributed by atoms with Crippen LogP contribution >= 0.6 is 0 Å². The Bertz CT molecular complexity index is 107. The van der Waals surface area contributed by atoms with Crippen molar-refractivity contribution in [1.29, 1.82) is 0 Å². The van der Waals surface area contributed by atoms with Crippen molar-refractivity contribution in [2.45, 2.75) is 19.4 Å². The first-order valence-corrected chi connectivity index (χ1v) is 2.76. The van der Waals surface area contributed by atoms with Crippen LogP contribution in [0.4, 0.5) is 4.79 Å². The molecule has 0 aliphatic carbocycles. The minimum absolute atomic E-state index is 0. The highest BCUT2D eigenvalue weighted by atomic mass is 16.6. The normalized spacial score (nSPS) is 27.1. The van der Waals surface area contributed by atoms with E-state index in [0.29, 0.717) is 6.61 Å². The van der Waals surface area contributed by atoms with Gasteiger partial charge in [-0.1, -0.05) is 6.92 Å². The standard InChI is InChI=1S/C5H9NO2.H2/c1-2-4-3-8-5(7)6-4;/h4H,2-3H2,1H3,(H,6,7);1H. The molecular weight excluding hydrogens is 106 g/mol. The second kappa shape index (κ2) is 2.03. The maximum Gasteiger partial charge on any atom is 0.407 e. The van der Waals surface area contributed by atoms with Gasteiger partial charge in [0, 0.05) is 1.43 Å². The highest BCUT2D eigenvalue weighted by Crippen LogP contribution is 1.99. The summed E-state index contributed by atoms with van der Waals surface area (Å²) in [5, 5.41) is 2.64. The zero-order valence-corrected chi connectivity index (χ0v) is 4.81. The fourth-order valence-electron chi connectivity index (χ4n) is 0.646. The summed E-state index contributed by atoms with van der Waals surface area (Å²) >= 11 is 0. The second-order valence-electron chi connectivity index (χ2n) is 1.85. The van der Waals surface area contributed by atoms with Crippen molar-refractivity contribution < 1.29 is 11.0 Å². The molecule has 0 bridgehead atoms. The van der Waals surface area contributed by atoms with Gasteiger partial charge in [-0.15, -0.1) is 0 Å². The molecule has 1 N–H and O–H groups in total. The molecule has 3 heteroatoms. The molecule has 1 saturated heterocycles. The molecule has 0 aromatic rings. The van der Waals surface area contributed by atoms with Crippen molar-refractivity contribution in [1.82, 2.24) is 5.32 Å². The Morgan fingerprint density at radius 3 is 3.12 bits per heavy atom. The molecule has 1 atom stereocenters. The van der Waals surface area contributed by atoms with Gasteiger partial charge in [-0.25, -0.2) is 4.79 Å². The minimum Gasteiger partial charge on any atom is -0.447 e. The van der Waals surface area contributed by atoms with Crippen molar-refractivity contribution >= 4 is 6.09 Å². The average Bonchev–Trinajstić information content (AvgIpc) is 2.14. The van der Waals surface area contributed by atoms with Gasteiger partial charge < -0.3 is 10.1 Å². The van der Waals surface area contributed by atoms with Crippen LogP contribution in [0.1, 0.15) is 14.8 Å². The van der Waals surface area contributed by atoms with Gasteiger partial charge >= 0.3 is 6.09 Å². The summed E-state index contributed by atoms with van der Waals surface area (Å²) in [6, 6.07) is 0.252. The van der Waals surface area contributed by atoms with Gasteiger partial charge in [0.05, 0.1) is 6.04 Å². The number of amides is 1. The number of carbonyl (C=O) groups is 1. The number of rotatable bonds is 1. The Balaban J connectivity index is 0.000000640. The van der Waals surface area contributed by atoms with Gasteiger partial charge in [0.1, 0.15) is 6.61 Å². The van der Waals surface area contributed by atoms with E-state index in [1.165, 1.54) is 0 Å². The Labute approximate surface area is 49.5 Å². The number of ether oxygens (including phenoxy) is 1. The number of nitrogens with one attached hydrogen (secondary N) is 1. The zero-order valence-electron chi connectivity index (χ0n) is 4.81. The van der Waals surface area contributed by atoms with Crippen molar-refractivity contribution in [2.75, 3.05) is 6.61 Å². The maximum atomic E-state index is 10.3. The SMILES string of the molecule is CCC1COC(=O)N1.[HH]. The van der Waals surface area contributed by atoms with Crippen LogP contribution in [0.15, 0.2) is 0 Å². The summed E-state index contributed by atoms with van der Waals surface area (Å²) < 4.78 is 4.61. The smallest absolute Gasteiger partial charge is 0.407 e. The van der Waals surface area contributed by atoms with Gasteiger partial charge in [-0.2, -0.15) is 0 Å². The first-order chi connectivity index (χ1) is 3.83. The third-order valence-electron chi connectivity index (χ3n) is 1.23. The first-order valence-electron chi connectivity index (χ1n) is 2.76. The third kappa shape index (κ3) is 0.911. The molecule has 1 fully saturated rings. The van der Waals surface area contributed by atoms with E-state index in [0.717, 1.165) is 6.42 Å². The van der Waals surface area contributed by atoms with Crippen LogP contribution in [0.5, 0.6) is 0 Å². The monoisotopic (exact) mass is 117 g/mol. The number of hydrogen-bond donors (Lipinski definition) is 1. The Morgan fingerprint density at radius 1 is 2.12 bits per heavy atom. The quantitative estimate of drug-likeness (QED) is 0.550. The van der Waals surface area contributed by atoms with Crippen LogP contribution in [0.25, 0.3) is 0 Å². The molecule has 3 nitrogen and oxygen atoms in total. The van der Waals surface area contributed by atoms with Crippen molar-refractivity contribution in [3.05, 3.63) is 0 Å². The average molecular weight is 117 g/mol. The van der Waals surface area contributed by atoms with Gasteiger partial charge in [-0.05, 0) is 6.42 Å². The van der Waals surface area contributed by atoms with Crippen molar-refractivity contribution in [3.8, 4) is 0 Å². The molecule has 1 amide bonds. The lowest BCUT2D eigenvalue weighted by atomic mass is 10.3. The molecule has 8 heavy (non-hydrogen) atoms. The molecule has 1 aliphatic rings. The van der Waals surface area contributed by atoms with Crippen LogP contribution in [0, 0.1) is 0 Å². The number of cyclic esters (lactones) is 1. The van der Waals surface area contributed by atoms with Crippen molar-refractivity contribution in [3.63, 3.8) is 0 Å². The summed E-state index contributed by atoms with van der Waals surface area (Å²) in [6.07, 6.45) is 0.669. The van der Waals surface area contributed by atoms with E-state index >= 15 is 0 Å². The van der Waals surface area contributed by atoms with Gasteiger partial charge in [0.15, 0.2) is 0 Å². The maximum absolute atomic E-state index is 10.3. The molecule has 1 rings (SSSR count). The van der Waals surface area contributed by atoms with E-state index in [9.17, 15) is 4.79 Å². The predicted octanol–water partition coefficient (Wildman–Crippen LogP) is 0.751. The molecule has 0 saturated carbocycles. The van der Waals surface area contributed by atoms with Crippen LogP contribution in [-0.2, 0) is 4.74 Å². The molecule has 1 aliphatic heterocycles. The van der Waals surface area contributed by atoms with E-state index in [1.54, 1.807) is 0 Å². The van der Waals surface area contributed by atoms with Crippen LogP contribution < -0.4 is 5.32 Å². The summed E-state index contributed by atoms with van der Waals surface area (Å²) in [6.45, 7) is 2.55. The van der Waals surface area contributed by atoms with E-state index in [2.05, 4.69) is 10.1 Å². The molecule has 0 aromatic carbocycles. The fourth-order valence-corrected chi connectivity index (χ4v) is 0.646. The third-order valence-corrected chi connectivity index (χ3v) is 1.23. The highest BCUT2D eigenvalue weighted by molar-refractivity contribution is 5.69.